The normalized spacial score (nSPS) is 24.5. The summed E-state index contributed by atoms with van der Waals surface area (Å²) < 4.78 is 10.2. The molecule has 22 heavy (non-hydrogen) atoms. The van der Waals surface area contributed by atoms with Crippen LogP contribution < -0.4 is 14.8 Å². The third kappa shape index (κ3) is 2.85. The van der Waals surface area contributed by atoms with E-state index in [9.17, 15) is 4.79 Å². The van der Waals surface area contributed by atoms with Crippen molar-refractivity contribution in [3.8, 4) is 11.9 Å². The summed E-state index contributed by atoms with van der Waals surface area (Å²) in [4.78, 5) is 22.9. The third-order valence-corrected chi connectivity index (χ3v) is 4.57. The van der Waals surface area contributed by atoms with E-state index in [0.717, 1.165) is 39.0 Å². The molecule has 1 aromatic heterocycles. The van der Waals surface area contributed by atoms with E-state index in [1.807, 2.05) is 4.90 Å². The number of ether oxygens (including phenoxy) is 2. The Balaban J connectivity index is 1.81. The van der Waals surface area contributed by atoms with E-state index in [1.165, 1.54) is 20.6 Å². The largest absolute Gasteiger partial charge is 0.481 e. The smallest absolute Gasteiger partial charge is 0.320 e. The topological polar surface area (TPSA) is 76.6 Å². The zero-order valence-corrected chi connectivity index (χ0v) is 13.1. The van der Waals surface area contributed by atoms with Gasteiger partial charge in [-0.15, -0.1) is 0 Å². The van der Waals surface area contributed by atoms with Crippen LogP contribution in [0.4, 0.5) is 0 Å². The first kappa shape index (κ1) is 15.0. The van der Waals surface area contributed by atoms with Crippen molar-refractivity contribution in [3.05, 3.63) is 11.8 Å². The Hall–Kier alpha value is -1.89. The maximum absolute atomic E-state index is 12.8. The Morgan fingerprint density at radius 3 is 2.86 bits per heavy atom. The van der Waals surface area contributed by atoms with Gasteiger partial charge in [0, 0.05) is 31.1 Å². The van der Waals surface area contributed by atoms with Gasteiger partial charge in [0.25, 0.3) is 5.91 Å². The Bertz CT molecular complexity index is 535. The van der Waals surface area contributed by atoms with Crippen LogP contribution in [0.1, 0.15) is 29.8 Å². The van der Waals surface area contributed by atoms with Crippen LogP contribution in [0.3, 0.4) is 0 Å². The molecule has 2 saturated heterocycles. The van der Waals surface area contributed by atoms with Crippen LogP contribution in [0.25, 0.3) is 0 Å². The van der Waals surface area contributed by atoms with Gasteiger partial charge in [-0.05, 0) is 25.8 Å². The number of methoxy groups -OCH3 is 2. The summed E-state index contributed by atoms with van der Waals surface area (Å²) >= 11 is 0. The lowest BCUT2D eigenvalue weighted by molar-refractivity contribution is 0.0546. The van der Waals surface area contributed by atoms with E-state index in [2.05, 4.69) is 15.3 Å². The fourth-order valence-corrected chi connectivity index (χ4v) is 3.40. The second-order valence-corrected chi connectivity index (χ2v) is 6.04. The SMILES string of the molecule is COc1cc(C(=O)N2CCCC3(CCNC3)C2)nc(OC)n1. The molecule has 1 spiro atoms. The van der Waals surface area contributed by atoms with Gasteiger partial charge in [0.2, 0.25) is 5.88 Å². The van der Waals surface area contributed by atoms with Gasteiger partial charge in [0.05, 0.1) is 14.2 Å². The second kappa shape index (κ2) is 6.08. The van der Waals surface area contributed by atoms with Gasteiger partial charge in [0.15, 0.2) is 0 Å². The average Bonchev–Trinajstić information content (AvgIpc) is 3.01. The summed E-state index contributed by atoms with van der Waals surface area (Å²) in [7, 11) is 2.99. The van der Waals surface area contributed by atoms with Crippen LogP contribution in [-0.4, -0.2) is 61.2 Å². The van der Waals surface area contributed by atoms with Crippen molar-refractivity contribution >= 4 is 5.91 Å². The molecule has 1 atom stereocenters. The Morgan fingerprint density at radius 2 is 2.18 bits per heavy atom. The van der Waals surface area contributed by atoms with Crippen LogP contribution in [-0.2, 0) is 0 Å². The minimum absolute atomic E-state index is 0.0787. The Kier molecular flexibility index (Phi) is 4.15. The standard InChI is InChI=1S/C15H22N4O3/c1-21-12-8-11(17-14(18-12)22-2)13(20)19-7-3-4-15(10-19)5-6-16-9-15/h8,16H,3-7,9-10H2,1-2H3. The lowest BCUT2D eigenvalue weighted by atomic mass is 9.79. The highest BCUT2D eigenvalue weighted by atomic mass is 16.5. The molecule has 7 nitrogen and oxygen atoms in total. The maximum Gasteiger partial charge on any atom is 0.320 e. The minimum Gasteiger partial charge on any atom is -0.481 e. The van der Waals surface area contributed by atoms with Gasteiger partial charge in [-0.2, -0.15) is 9.97 Å². The van der Waals surface area contributed by atoms with Gasteiger partial charge >= 0.3 is 6.01 Å². The number of rotatable bonds is 3. The van der Waals surface area contributed by atoms with E-state index < -0.39 is 0 Å². The van der Waals surface area contributed by atoms with E-state index in [1.54, 1.807) is 6.07 Å². The number of hydrogen-bond acceptors (Lipinski definition) is 6. The number of carbonyl (C=O) groups is 1. The monoisotopic (exact) mass is 306 g/mol. The molecule has 2 aliphatic rings. The van der Waals surface area contributed by atoms with Gasteiger partial charge in [0.1, 0.15) is 5.69 Å². The molecule has 1 N–H and O–H groups in total. The molecule has 0 bridgehead atoms. The second-order valence-electron chi connectivity index (χ2n) is 6.04. The molecule has 0 radical (unpaired) electrons. The van der Waals surface area contributed by atoms with Gasteiger partial charge < -0.3 is 19.7 Å². The summed E-state index contributed by atoms with van der Waals surface area (Å²) in [5.41, 5.74) is 0.557. The Labute approximate surface area is 130 Å². The predicted octanol–water partition coefficient (Wildman–Crippen LogP) is 0.710. The predicted molar refractivity (Wildman–Crippen MR) is 80.2 cm³/mol. The van der Waals surface area contributed by atoms with Crippen molar-refractivity contribution in [3.63, 3.8) is 0 Å². The summed E-state index contributed by atoms with van der Waals surface area (Å²) in [5.74, 6) is 0.259. The number of carbonyl (C=O) groups excluding carboxylic acids is 1. The zero-order chi connectivity index (χ0) is 15.6. The molecule has 1 amide bonds. The maximum atomic E-state index is 12.8. The van der Waals surface area contributed by atoms with Crippen LogP contribution >= 0.6 is 0 Å². The molecule has 2 fully saturated rings. The van der Waals surface area contributed by atoms with Crippen molar-refractivity contribution in [2.75, 3.05) is 40.4 Å². The highest BCUT2D eigenvalue weighted by molar-refractivity contribution is 5.92. The summed E-state index contributed by atoms with van der Waals surface area (Å²) in [6, 6.07) is 1.72. The van der Waals surface area contributed by atoms with E-state index in [-0.39, 0.29) is 17.3 Å². The first-order valence-corrected chi connectivity index (χ1v) is 7.63. The highest BCUT2D eigenvalue weighted by Crippen LogP contribution is 2.36. The fourth-order valence-electron chi connectivity index (χ4n) is 3.40. The van der Waals surface area contributed by atoms with Crippen LogP contribution in [0.15, 0.2) is 6.07 Å². The van der Waals surface area contributed by atoms with Crippen LogP contribution in [0.2, 0.25) is 0 Å². The molecule has 120 valence electrons. The van der Waals surface area contributed by atoms with E-state index in [0.29, 0.717) is 11.6 Å². The van der Waals surface area contributed by atoms with E-state index in [4.69, 9.17) is 9.47 Å². The molecule has 3 heterocycles. The van der Waals surface area contributed by atoms with Crippen LogP contribution in [0, 0.1) is 5.41 Å². The molecule has 0 aliphatic carbocycles. The zero-order valence-electron chi connectivity index (χ0n) is 13.1. The minimum atomic E-state index is -0.0787. The number of nitrogens with one attached hydrogen (secondary N) is 1. The Morgan fingerprint density at radius 1 is 1.32 bits per heavy atom. The molecule has 1 aromatic rings. The van der Waals surface area contributed by atoms with Crippen molar-refractivity contribution in [2.45, 2.75) is 19.3 Å². The summed E-state index contributed by atoms with van der Waals surface area (Å²) in [5, 5.41) is 3.41. The van der Waals surface area contributed by atoms with Crippen molar-refractivity contribution in [1.29, 1.82) is 0 Å². The summed E-state index contributed by atoms with van der Waals surface area (Å²) in [6.45, 7) is 3.59. The van der Waals surface area contributed by atoms with E-state index >= 15 is 0 Å². The molecule has 7 heteroatoms. The molecule has 2 aliphatic heterocycles. The summed E-state index contributed by atoms with van der Waals surface area (Å²) in [6.07, 6.45) is 3.35. The molecule has 0 aromatic carbocycles. The van der Waals surface area contributed by atoms with Crippen molar-refractivity contribution in [1.82, 2.24) is 20.2 Å². The third-order valence-electron chi connectivity index (χ3n) is 4.57. The number of piperidine rings is 1. The number of aromatic nitrogens is 2. The van der Waals surface area contributed by atoms with Gasteiger partial charge in [-0.25, -0.2) is 0 Å². The molecule has 1 unspecified atom stereocenters. The van der Waals surface area contributed by atoms with Gasteiger partial charge in [-0.1, -0.05) is 0 Å². The quantitative estimate of drug-likeness (QED) is 0.886. The first-order chi connectivity index (χ1) is 10.7. The molecular weight excluding hydrogens is 284 g/mol. The van der Waals surface area contributed by atoms with Crippen molar-refractivity contribution in [2.24, 2.45) is 5.41 Å². The van der Waals surface area contributed by atoms with Gasteiger partial charge in [-0.3, -0.25) is 4.79 Å². The lowest BCUT2D eigenvalue weighted by Gasteiger charge is -2.39. The molecule has 0 saturated carbocycles. The van der Waals surface area contributed by atoms with Crippen molar-refractivity contribution < 1.29 is 14.3 Å². The first-order valence-electron chi connectivity index (χ1n) is 7.63. The lowest BCUT2D eigenvalue weighted by Crippen LogP contribution is -2.47. The van der Waals surface area contributed by atoms with Crippen LogP contribution in [0.5, 0.6) is 11.9 Å². The molecular formula is C15H22N4O3. The molecule has 3 rings (SSSR count). The number of likely N-dealkylation sites (tertiary alicyclic amines) is 1. The average molecular weight is 306 g/mol. The number of hydrogen-bond donors (Lipinski definition) is 1. The number of amides is 1. The highest BCUT2D eigenvalue weighted by Gasteiger charge is 2.39. The fraction of sp³-hybridized carbons (Fsp3) is 0.667. The number of nitrogens with zero attached hydrogens (tertiary/aromatic N) is 3.